The van der Waals surface area contributed by atoms with Crippen LogP contribution in [-0.2, 0) is 19.1 Å². The van der Waals surface area contributed by atoms with Crippen molar-refractivity contribution >= 4 is 18.4 Å². The van der Waals surface area contributed by atoms with E-state index in [1.807, 2.05) is 3.33 Å². The second-order valence-corrected chi connectivity index (χ2v) is 45.4. The van der Waals surface area contributed by atoms with Crippen LogP contribution in [0.3, 0.4) is 0 Å². The summed E-state index contributed by atoms with van der Waals surface area (Å²) < 4.78 is 7.09. The van der Waals surface area contributed by atoms with Crippen LogP contribution in [0.15, 0.2) is 21.6 Å². The number of halogens is 1. The average molecular weight is 369 g/mol. The molecule has 0 spiro atoms. The molecule has 1 aliphatic carbocycles. The van der Waals surface area contributed by atoms with Gasteiger partial charge in [-0.3, -0.25) is 0 Å². The maximum Gasteiger partial charge on any atom is -0.147 e. The SMILES string of the molecule is C[SiH](C)[Hf]([CH3])([CH3])[C]1=CC=CC1.Cl. The van der Waals surface area contributed by atoms with Gasteiger partial charge in [0, 0.05) is 0 Å². The summed E-state index contributed by atoms with van der Waals surface area (Å²) in [6.07, 6.45) is 8.25. The smallest absolute Gasteiger partial charge is 0.147 e. The van der Waals surface area contributed by atoms with Gasteiger partial charge in [0.2, 0.25) is 0 Å². The predicted octanol–water partition coefficient (Wildman–Crippen LogP) is 3.49. The third-order valence-electron chi connectivity index (χ3n) is 3.04. The van der Waals surface area contributed by atoms with Gasteiger partial charge < -0.3 is 0 Å². The summed E-state index contributed by atoms with van der Waals surface area (Å²) in [4.78, 5) is 0. The van der Waals surface area contributed by atoms with Crippen LogP contribution in [0.5, 0.6) is 0 Å². The quantitative estimate of drug-likeness (QED) is 0.654. The second-order valence-electron chi connectivity index (χ2n) is 4.20. The van der Waals surface area contributed by atoms with Gasteiger partial charge in [-0.1, -0.05) is 0 Å². The summed E-state index contributed by atoms with van der Waals surface area (Å²) in [5, 5.41) is 0. The molecule has 0 fully saturated rings. The average Bonchev–Trinajstić information content (AvgIpc) is 2.37. The van der Waals surface area contributed by atoms with Gasteiger partial charge in [0.25, 0.3) is 0 Å². The summed E-state index contributed by atoms with van der Waals surface area (Å²) >= 11 is -1.77. The van der Waals surface area contributed by atoms with Crippen LogP contribution in [0.4, 0.5) is 0 Å². The molecule has 0 saturated carbocycles. The molecule has 3 heteroatoms. The zero-order valence-electron chi connectivity index (χ0n) is 8.42. The van der Waals surface area contributed by atoms with Gasteiger partial charge in [0.05, 0.1) is 0 Å². The third kappa shape index (κ3) is 2.68. The minimum Gasteiger partial charge on any atom is -0.147 e. The van der Waals surface area contributed by atoms with Gasteiger partial charge in [0.1, 0.15) is 0 Å². The summed E-state index contributed by atoms with van der Waals surface area (Å²) in [5.74, 6) is -0.319. The molecule has 0 unspecified atom stereocenters. The van der Waals surface area contributed by atoms with Crippen molar-refractivity contribution in [1.29, 1.82) is 0 Å². The normalized spacial score (nSPS) is 16.2. The van der Waals surface area contributed by atoms with E-state index in [1.165, 1.54) is 6.42 Å². The van der Waals surface area contributed by atoms with E-state index in [4.69, 9.17) is 0 Å². The van der Waals surface area contributed by atoms with Crippen LogP contribution in [0.25, 0.3) is 0 Å². The molecule has 1 aliphatic rings. The standard InChI is InChI=1S/C5H5.C2H7Si.2CH3.ClH.Hf/c1-2-4-5-3-1;1-3-2;;;;/h1-3H,4H2;3H,1-2H3;2*1H3;1H;. The molecule has 0 aromatic heterocycles. The van der Waals surface area contributed by atoms with Gasteiger partial charge in [-0.2, -0.15) is 0 Å². The van der Waals surface area contributed by atoms with Crippen molar-refractivity contribution in [2.24, 2.45) is 0 Å². The molecule has 0 heterocycles. The van der Waals surface area contributed by atoms with E-state index in [0.29, 0.717) is 0 Å². The minimum atomic E-state index is -1.77. The summed E-state index contributed by atoms with van der Waals surface area (Å²) in [7, 11) is 0. The molecule has 12 heavy (non-hydrogen) atoms. The Hall–Kier alpha value is 0.857. The largest absolute Gasteiger partial charge is 0.147 e. The Labute approximate surface area is 87.4 Å². The number of hydrogen-bond acceptors (Lipinski definition) is 0. The molecule has 0 amide bonds. The van der Waals surface area contributed by atoms with Crippen LogP contribution in [-0.4, -0.2) is 5.98 Å². The van der Waals surface area contributed by atoms with Crippen molar-refractivity contribution in [1.82, 2.24) is 0 Å². The molecule has 0 aromatic carbocycles. The van der Waals surface area contributed by atoms with E-state index in [0.717, 1.165) is 0 Å². The first-order valence-corrected chi connectivity index (χ1v) is 22.5. The fourth-order valence-electron chi connectivity index (χ4n) is 1.30. The van der Waals surface area contributed by atoms with Crippen LogP contribution < -0.4 is 0 Å². The van der Waals surface area contributed by atoms with E-state index in [1.54, 1.807) is 0 Å². The van der Waals surface area contributed by atoms with E-state index in [9.17, 15) is 0 Å². The number of allylic oxidation sites excluding steroid dienone is 4. The van der Waals surface area contributed by atoms with Crippen molar-refractivity contribution in [3.8, 4) is 0 Å². The number of rotatable bonds is 2. The van der Waals surface area contributed by atoms with E-state index >= 15 is 0 Å². The van der Waals surface area contributed by atoms with Gasteiger partial charge in [-0.25, -0.2) is 0 Å². The van der Waals surface area contributed by atoms with Crippen LogP contribution in [0, 0.1) is 0 Å². The molecule has 0 saturated heterocycles. The maximum absolute atomic E-state index is 2.61. The second kappa shape index (κ2) is 4.92. The fraction of sp³-hybridized carbons (Fsp3) is 0.556. The Morgan fingerprint density at radius 3 is 2.25 bits per heavy atom. The molecule has 70 valence electrons. The fourth-order valence-corrected chi connectivity index (χ4v) is 16.0. The predicted molar refractivity (Wildman–Crippen MR) is 59.7 cm³/mol. The Kier molecular flexibility index (Phi) is 5.27. The van der Waals surface area contributed by atoms with Gasteiger partial charge in [-0.15, -0.1) is 12.4 Å². The monoisotopic (exact) mass is 370 g/mol. The molecule has 0 atom stereocenters. The molecule has 0 radical (unpaired) electrons. The van der Waals surface area contributed by atoms with E-state index in [2.05, 4.69) is 40.7 Å². The van der Waals surface area contributed by atoms with Crippen LogP contribution >= 0.6 is 12.4 Å². The molecular formula is C9H19ClHfSi. The van der Waals surface area contributed by atoms with Crippen molar-refractivity contribution in [3.63, 3.8) is 0 Å². The minimum absolute atomic E-state index is 0. The molecule has 0 aromatic rings. The molecule has 0 N–H and O–H groups in total. The first-order valence-electron chi connectivity index (χ1n) is 4.41. The summed E-state index contributed by atoms with van der Waals surface area (Å²) in [6.45, 7) is 5.06. The van der Waals surface area contributed by atoms with Crippen LogP contribution in [0.1, 0.15) is 6.42 Å². The first-order chi connectivity index (χ1) is 5.05. The van der Waals surface area contributed by atoms with Crippen LogP contribution in [0.2, 0.25) is 22.5 Å². The first kappa shape index (κ1) is 12.9. The zero-order valence-corrected chi connectivity index (χ0v) is 14.0. The number of hydrogen-bond donors (Lipinski definition) is 0. The van der Waals surface area contributed by atoms with Crippen molar-refractivity contribution in [2.75, 3.05) is 0 Å². The maximum atomic E-state index is 2.61. The topological polar surface area (TPSA) is 0 Å². The molecular weight excluding hydrogens is 350 g/mol. The van der Waals surface area contributed by atoms with Gasteiger partial charge in [0.15, 0.2) is 0 Å². The van der Waals surface area contributed by atoms with Crippen molar-refractivity contribution in [2.45, 2.75) is 28.9 Å². The molecule has 0 nitrogen and oxygen atoms in total. The zero-order chi connectivity index (χ0) is 8.48. The molecule has 0 aliphatic heterocycles. The van der Waals surface area contributed by atoms with E-state index < -0.39 is 19.1 Å². The Morgan fingerprint density at radius 1 is 1.33 bits per heavy atom. The van der Waals surface area contributed by atoms with Crippen molar-refractivity contribution in [3.05, 3.63) is 21.6 Å². The third-order valence-corrected chi connectivity index (χ3v) is 47.4. The van der Waals surface area contributed by atoms with Gasteiger partial charge >= 0.3 is 75.6 Å². The Bertz CT molecular complexity index is 207. The van der Waals surface area contributed by atoms with Crippen molar-refractivity contribution < 1.29 is 19.1 Å². The summed E-state index contributed by atoms with van der Waals surface area (Å²) in [5.41, 5.74) is 0. The molecule has 0 bridgehead atoms. The Balaban J connectivity index is 0.00000121. The van der Waals surface area contributed by atoms with Gasteiger partial charge in [-0.05, 0) is 0 Å². The van der Waals surface area contributed by atoms with E-state index in [-0.39, 0.29) is 18.4 Å². The summed E-state index contributed by atoms with van der Waals surface area (Å²) in [6, 6.07) is 0. The molecule has 1 rings (SSSR count). The Morgan fingerprint density at radius 2 is 1.92 bits per heavy atom.